The molecule has 3 aliphatic carbocycles. The van der Waals surface area contributed by atoms with Gasteiger partial charge in [-0.25, -0.2) is 5.01 Å². The van der Waals surface area contributed by atoms with Crippen molar-refractivity contribution in [3.05, 3.63) is 146 Å². The van der Waals surface area contributed by atoms with E-state index in [1.807, 2.05) is 48.5 Å². The molecule has 1 heterocycles. The zero-order chi connectivity index (χ0) is 28.4. The van der Waals surface area contributed by atoms with Gasteiger partial charge >= 0.3 is 0 Å². The van der Waals surface area contributed by atoms with Crippen molar-refractivity contribution in [1.82, 2.24) is 10.0 Å². The van der Waals surface area contributed by atoms with Crippen LogP contribution in [0.1, 0.15) is 50.0 Å². The Kier molecular flexibility index (Phi) is 5.76. The quantitative estimate of drug-likeness (QED) is 0.176. The van der Waals surface area contributed by atoms with Gasteiger partial charge in [-0.2, -0.15) is 5.01 Å². The Hall–Kier alpha value is -4.82. The van der Waals surface area contributed by atoms with Crippen molar-refractivity contribution >= 4 is 35.0 Å². The minimum atomic E-state index is -0.810. The van der Waals surface area contributed by atoms with Crippen LogP contribution < -0.4 is 0 Å². The Morgan fingerprint density at radius 3 is 1.71 bits per heavy atom. The maximum absolute atomic E-state index is 14.4. The first-order valence-corrected chi connectivity index (χ1v) is 13.6. The molecule has 3 amide bonds. The number of amides is 3. The van der Waals surface area contributed by atoms with Crippen LogP contribution in [0.5, 0.6) is 0 Å². The van der Waals surface area contributed by atoms with E-state index in [4.69, 9.17) is 11.6 Å². The number of nitro groups is 1. The zero-order valence-electron chi connectivity index (χ0n) is 21.5. The first-order chi connectivity index (χ1) is 19.9. The summed E-state index contributed by atoms with van der Waals surface area (Å²) in [4.78, 5) is 54.0. The first kappa shape index (κ1) is 25.2. The smallest absolute Gasteiger partial charge is 0.272 e. The second-order valence-electron chi connectivity index (χ2n) is 10.5. The summed E-state index contributed by atoms with van der Waals surface area (Å²) in [6.07, 6.45) is 0. The van der Waals surface area contributed by atoms with Gasteiger partial charge in [0.05, 0.1) is 23.3 Å². The van der Waals surface area contributed by atoms with Crippen molar-refractivity contribution in [2.75, 3.05) is 0 Å². The van der Waals surface area contributed by atoms with Crippen LogP contribution in [0.2, 0.25) is 5.02 Å². The van der Waals surface area contributed by atoms with Crippen molar-refractivity contribution in [2.24, 2.45) is 11.8 Å². The molecule has 9 heteroatoms. The fourth-order valence-corrected chi connectivity index (χ4v) is 6.97. The molecule has 0 unspecified atom stereocenters. The van der Waals surface area contributed by atoms with Gasteiger partial charge in [0.15, 0.2) is 0 Å². The fourth-order valence-electron chi connectivity index (χ4n) is 6.85. The molecule has 1 saturated heterocycles. The lowest BCUT2D eigenvalue weighted by molar-refractivity contribution is -0.385. The molecule has 0 aromatic heterocycles. The molecule has 0 spiro atoms. The fraction of sp³-hybridized carbons (Fsp3) is 0.156. The molecule has 41 heavy (non-hydrogen) atoms. The maximum Gasteiger partial charge on any atom is 0.282 e. The van der Waals surface area contributed by atoms with Crippen LogP contribution in [0.4, 0.5) is 5.69 Å². The van der Waals surface area contributed by atoms with Gasteiger partial charge in [-0.15, -0.1) is 0 Å². The Balaban J connectivity index is 1.36. The Labute approximate surface area is 239 Å². The number of para-hydroxylation sites is 1. The standard InChI is InChI=1S/C32H22ClN3O5/c33-19-15-13-18(14-16-19)17-34(30(37)24-11-5-6-12-25(24)36(40)41)35-31(38)28-26-20-7-1-2-8-21(20)27(29(28)32(35)39)23-10-4-3-9-22(23)26/h1-16,26-29H,17H2/t26?,27?,28-,29-/m0/s1. The van der Waals surface area contributed by atoms with Crippen LogP contribution in [0.25, 0.3) is 0 Å². The summed E-state index contributed by atoms with van der Waals surface area (Å²) in [5, 5.41) is 14.3. The lowest BCUT2D eigenvalue weighted by Gasteiger charge is -2.45. The van der Waals surface area contributed by atoms with Gasteiger partial charge in [0, 0.05) is 22.9 Å². The van der Waals surface area contributed by atoms with E-state index in [1.54, 1.807) is 24.3 Å². The van der Waals surface area contributed by atoms with Crippen molar-refractivity contribution in [1.29, 1.82) is 0 Å². The molecule has 4 aromatic rings. The van der Waals surface area contributed by atoms with E-state index < -0.39 is 40.2 Å². The average Bonchev–Trinajstić information content (AvgIpc) is 3.26. The Morgan fingerprint density at radius 2 is 1.22 bits per heavy atom. The Bertz CT molecular complexity index is 1660. The summed E-state index contributed by atoms with van der Waals surface area (Å²) in [6, 6.07) is 28.0. The summed E-state index contributed by atoms with van der Waals surface area (Å²) in [7, 11) is 0. The number of hydrogen-bond donors (Lipinski definition) is 0. The molecule has 0 radical (unpaired) electrons. The highest BCUT2D eigenvalue weighted by Gasteiger charge is 2.63. The van der Waals surface area contributed by atoms with E-state index >= 15 is 0 Å². The number of hydrazine groups is 1. The highest BCUT2D eigenvalue weighted by molar-refractivity contribution is 6.30. The van der Waals surface area contributed by atoms with E-state index in [0.29, 0.717) is 10.6 Å². The molecule has 202 valence electrons. The molecule has 8 nitrogen and oxygen atoms in total. The molecule has 1 aliphatic heterocycles. The number of hydrogen-bond acceptors (Lipinski definition) is 5. The Morgan fingerprint density at radius 1 is 0.756 bits per heavy atom. The summed E-state index contributed by atoms with van der Waals surface area (Å²) >= 11 is 6.07. The molecule has 2 atom stereocenters. The van der Waals surface area contributed by atoms with E-state index in [0.717, 1.165) is 32.3 Å². The zero-order valence-corrected chi connectivity index (χ0v) is 22.3. The number of carbonyl (C=O) groups excluding carboxylic acids is 3. The molecular formula is C32H22ClN3O5. The summed E-state index contributed by atoms with van der Waals surface area (Å²) in [6.45, 7) is -0.159. The average molecular weight is 564 g/mol. The molecule has 4 aromatic carbocycles. The largest absolute Gasteiger partial charge is 0.282 e. The number of benzene rings is 4. The summed E-state index contributed by atoms with van der Waals surface area (Å²) in [5.41, 5.74) is 4.02. The highest BCUT2D eigenvalue weighted by atomic mass is 35.5. The lowest BCUT2D eigenvalue weighted by Crippen LogP contribution is -2.50. The number of halogens is 1. The van der Waals surface area contributed by atoms with E-state index in [-0.39, 0.29) is 23.9 Å². The van der Waals surface area contributed by atoms with Gasteiger partial charge in [0.25, 0.3) is 23.4 Å². The second kappa shape index (κ2) is 9.38. The third kappa shape index (κ3) is 3.71. The van der Waals surface area contributed by atoms with Crippen LogP contribution in [0.3, 0.4) is 0 Å². The normalized spacial score (nSPS) is 21.7. The van der Waals surface area contributed by atoms with Crippen LogP contribution in [-0.4, -0.2) is 32.7 Å². The number of nitrogens with zero attached hydrogens (tertiary/aromatic N) is 3. The van der Waals surface area contributed by atoms with Crippen molar-refractivity contribution in [3.63, 3.8) is 0 Å². The number of rotatable bonds is 5. The molecule has 1 fully saturated rings. The molecule has 8 rings (SSSR count). The van der Waals surface area contributed by atoms with Gasteiger partial charge in [0.1, 0.15) is 5.56 Å². The van der Waals surface area contributed by atoms with Crippen molar-refractivity contribution < 1.29 is 19.3 Å². The van der Waals surface area contributed by atoms with Gasteiger partial charge in [0.2, 0.25) is 0 Å². The predicted molar refractivity (Wildman–Crippen MR) is 150 cm³/mol. The van der Waals surface area contributed by atoms with Crippen LogP contribution in [0, 0.1) is 22.0 Å². The van der Waals surface area contributed by atoms with Crippen molar-refractivity contribution in [3.8, 4) is 0 Å². The number of nitro benzene ring substituents is 1. The summed E-state index contributed by atoms with van der Waals surface area (Å²) in [5.74, 6) is -3.89. The van der Waals surface area contributed by atoms with Gasteiger partial charge in [-0.1, -0.05) is 84.4 Å². The van der Waals surface area contributed by atoms with Crippen LogP contribution >= 0.6 is 11.6 Å². The van der Waals surface area contributed by atoms with Gasteiger partial charge in [-0.05, 0) is 46.0 Å². The third-order valence-electron chi connectivity index (χ3n) is 8.48. The van der Waals surface area contributed by atoms with Gasteiger partial charge in [-0.3, -0.25) is 24.5 Å². The minimum Gasteiger partial charge on any atom is -0.272 e. The SMILES string of the molecule is O=C(c1ccccc1[N+](=O)[O-])N(Cc1ccc(Cl)cc1)N1C(=O)[C@H]2C3c4ccccc4C(c4ccccc43)[C@@H]2C1=O. The van der Waals surface area contributed by atoms with Gasteiger partial charge < -0.3 is 0 Å². The minimum absolute atomic E-state index is 0.159. The molecule has 0 saturated carbocycles. The number of imide groups is 1. The topological polar surface area (TPSA) is 101 Å². The van der Waals surface area contributed by atoms with Crippen LogP contribution in [0.15, 0.2) is 97.1 Å². The first-order valence-electron chi connectivity index (χ1n) is 13.2. The monoisotopic (exact) mass is 563 g/mol. The second-order valence-corrected chi connectivity index (χ2v) is 11.0. The lowest BCUT2D eigenvalue weighted by atomic mass is 9.55. The van der Waals surface area contributed by atoms with E-state index in [1.165, 1.54) is 24.3 Å². The maximum atomic E-state index is 14.4. The molecule has 0 N–H and O–H groups in total. The summed E-state index contributed by atoms with van der Waals surface area (Å²) < 4.78 is 0. The molecule has 4 aliphatic rings. The highest BCUT2D eigenvalue weighted by Crippen LogP contribution is 2.61. The molecule has 2 bridgehead atoms. The van der Waals surface area contributed by atoms with Crippen LogP contribution in [-0.2, 0) is 16.1 Å². The van der Waals surface area contributed by atoms with E-state index in [2.05, 4.69) is 0 Å². The predicted octanol–water partition coefficient (Wildman–Crippen LogP) is 5.70. The molecular weight excluding hydrogens is 542 g/mol. The van der Waals surface area contributed by atoms with E-state index in [9.17, 15) is 24.5 Å². The number of carbonyl (C=O) groups is 3. The third-order valence-corrected chi connectivity index (χ3v) is 8.73. The van der Waals surface area contributed by atoms with Crippen molar-refractivity contribution in [2.45, 2.75) is 18.4 Å².